The lowest BCUT2D eigenvalue weighted by Gasteiger charge is -2.19. The molecule has 0 amide bonds. The molecule has 0 aromatic heterocycles. The van der Waals surface area contributed by atoms with Crippen LogP contribution in [0.5, 0.6) is 0 Å². The molecule has 2 saturated heterocycles. The highest BCUT2D eigenvalue weighted by Crippen LogP contribution is 2.46. The lowest BCUT2D eigenvalue weighted by Crippen LogP contribution is -2.37. The molecule has 6 nitrogen and oxygen atoms in total. The SMILES string of the molecule is C=C(C)C(=O)OC1C2C=C3C(O2)C1OS3(=O)=O. The first-order chi connectivity index (χ1) is 7.90. The van der Waals surface area contributed by atoms with Gasteiger partial charge in [0.15, 0.2) is 6.10 Å². The molecule has 0 spiro atoms. The molecule has 92 valence electrons. The van der Waals surface area contributed by atoms with E-state index in [1.54, 1.807) is 0 Å². The first-order valence-corrected chi connectivity index (χ1v) is 6.48. The minimum Gasteiger partial charge on any atom is -0.453 e. The van der Waals surface area contributed by atoms with Gasteiger partial charge in [-0.2, -0.15) is 8.42 Å². The highest BCUT2D eigenvalue weighted by molar-refractivity contribution is 7.91. The summed E-state index contributed by atoms with van der Waals surface area (Å²) < 4.78 is 38.4. The van der Waals surface area contributed by atoms with Crippen molar-refractivity contribution in [2.45, 2.75) is 31.3 Å². The van der Waals surface area contributed by atoms with Gasteiger partial charge in [0.1, 0.15) is 23.2 Å². The monoisotopic (exact) mass is 258 g/mol. The van der Waals surface area contributed by atoms with Crippen molar-refractivity contribution in [1.82, 2.24) is 0 Å². The smallest absolute Gasteiger partial charge is 0.333 e. The van der Waals surface area contributed by atoms with Gasteiger partial charge in [-0.25, -0.2) is 4.79 Å². The number of rotatable bonds is 2. The fourth-order valence-corrected chi connectivity index (χ4v) is 3.58. The quantitative estimate of drug-likeness (QED) is 0.390. The Labute approximate surface area is 98.0 Å². The summed E-state index contributed by atoms with van der Waals surface area (Å²) >= 11 is 0. The van der Waals surface area contributed by atoms with Gasteiger partial charge in [-0.15, -0.1) is 0 Å². The maximum atomic E-state index is 11.5. The van der Waals surface area contributed by atoms with Crippen LogP contribution < -0.4 is 0 Å². The summed E-state index contributed by atoms with van der Waals surface area (Å²) in [5.74, 6) is -0.575. The van der Waals surface area contributed by atoms with Crippen LogP contribution in [0.2, 0.25) is 0 Å². The van der Waals surface area contributed by atoms with Crippen molar-refractivity contribution in [2.75, 3.05) is 0 Å². The topological polar surface area (TPSA) is 78.9 Å². The number of carbonyl (C=O) groups is 1. The summed E-state index contributed by atoms with van der Waals surface area (Å²) in [7, 11) is -3.70. The molecule has 3 aliphatic heterocycles. The first-order valence-electron chi connectivity index (χ1n) is 5.07. The molecule has 7 heteroatoms. The maximum Gasteiger partial charge on any atom is 0.333 e. The van der Waals surface area contributed by atoms with Crippen molar-refractivity contribution in [3.63, 3.8) is 0 Å². The van der Waals surface area contributed by atoms with Gasteiger partial charge in [0.05, 0.1) is 0 Å². The Hall–Kier alpha value is -1.18. The molecule has 17 heavy (non-hydrogen) atoms. The van der Waals surface area contributed by atoms with Gasteiger partial charge in [0.25, 0.3) is 10.1 Å². The second-order valence-corrected chi connectivity index (χ2v) is 5.83. The number of esters is 1. The van der Waals surface area contributed by atoms with Crippen molar-refractivity contribution >= 4 is 16.1 Å². The van der Waals surface area contributed by atoms with Crippen LogP contribution in [0.15, 0.2) is 23.1 Å². The molecule has 0 saturated carbocycles. The predicted molar refractivity (Wildman–Crippen MR) is 55.2 cm³/mol. The van der Waals surface area contributed by atoms with Crippen molar-refractivity contribution in [1.29, 1.82) is 0 Å². The molecule has 0 aliphatic carbocycles. The second kappa shape index (κ2) is 3.18. The largest absolute Gasteiger partial charge is 0.453 e. The lowest BCUT2D eigenvalue weighted by atomic mass is 10.0. The summed E-state index contributed by atoms with van der Waals surface area (Å²) in [6.45, 7) is 4.98. The molecule has 0 radical (unpaired) electrons. The van der Waals surface area contributed by atoms with E-state index in [0.29, 0.717) is 0 Å². The zero-order valence-corrected chi connectivity index (χ0v) is 9.77. The molecule has 2 fully saturated rings. The summed E-state index contributed by atoms with van der Waals surface area (Å²) in [6, 6.07) is 0. The Morgan fingerprint density at radius 1 is 1.53 bits per heavy atom. The van der Waals surface area contributed by atoms with Gasteiger partial charge in [-0.05, 0) is 13.0 Å². The molecule has 0 N–H and O–H groups in total. The maximum absolute atomic E-state index is 11.5. The van der Waals surface area contributed by atoms with E-state index >= 15 is 0 Å². The molecule has 0 aromatic rings. The standard InChI is InChI=1S/C10H10O6S/c1-4(2)10(11)15-7-5-3-6-8(14-5)9(7)16-17(6,12)13/h3,5,7-9H,1H2,2H3. The molecular formula is C10H10O6S. The first kappa shape index (κ1) is 10.9. The third-order valence-electron chi connectivity index (χ3n) is 2.98. The Kier molecular flexibility index (Phi) is 2.05. The van der Waals surface area contributed by atoms with E-state index in [0.717, 1.165) is 0 Å². The zero-order valence-electron chi connectivity index (χ0n) is 8.95. The number of carbonyl (C=O) groups excluding carboxylic acids is 1. The van der Waals surface area contributed by atoms with Gasteiger partial charge >= 0.3 is 5.97 Å². The molecule has 3 aliphatic rings. The molecule has 4 atom stereocenters. The molecule has 4 unspecified atom stereocenters. The van der Waals surface area contributed by atoms with Gasteiger partial charge < -0.3 is 9.47 Å². The van der Waals surface area contributed by atoms with Crippen LogP contribution in [0.4, 0.5) is 0 Å². The lowest BCUT2D eigenvalue weighted by molar-refractivity contribution is -0.148. The highest BCUT2D eigenvalue weighted by atomic mass is 32.2. The van der Waals surface area contributed by atoms with Crippen LogP contribution >= 0.6 is 0 Å². The summed E-state index contributed by atoms with van der Waals surface area (Å²) in [5.41, 5.74) is 0.248. The number of fused-ring (bicyclic) bond motifs is 1. The fraction of sp³-hybridized carbons (Fsp3) is 0.500. The Morgan fingerprint density at radius 2 is 2.24 bits per heavy atom. The van der Waals surface area contributed by atoms with Crippen LogP contribution in [0.1, 0.15) is 6.92 Å². The van der Waals surface area contributed by atoms with Gasteiger partial charge in [-0.3, -0.25) is 4.18 Å². The predicted octanol–water partition coefficient (Wildman–Crippen LogP) is -0.132. The van der Waals surface area contributed by atoms with Crippen molar-refractivity contribution in [3.8, 4) is 0 Å². The van der Waals surface area contributed by atoms with Gasteiger partial charge in [-0.1, -0.05) is 6.58 Å². The Morgan fingerprint density at radius 3 is 2.88 bits per heavy atom. The number of hydrogen-bond donors (Lipinski definition) is 0. The van der Waals surface area contributed by atoms with E-state index in [4.69, 9.17) is 13.7 Å². The molecular weight excluding hydrogens is 248 g/mol. The highest BCUT2D eigenvalue weighted by Gasteiger charge is 2.62. The minimum absolute atomic E-state index is 0.148. The van der Waals surface area contributed by atoms with Crippen LogP contribution in [-0.4, -0.2) is 38.8 Å². The van der Waals surface area contributed by atoms with Crippen LogP contribution in [0.25, 0.3) is 0 Å². The third kappa shape index (κ3) is 1.39. The van der Waals surface area contributed by atoms with E-state index in [1.807, 2.05) is 0 Å². The van der Waals surface area contributed by atoms with Gasteiger partial charge in [0, 0.05) is 5.57 Å². The molecule has 2 bridgehead atoms. The minimum atomic E-state index is -3.70. The zero-order chi connectivity index (χ0) is 12.4. The van der Waals surface area contributed by atoms with Gasteiger partial charge in [0.2, 0.25) is 0 Å². The normalized spacial score (nSPS) is 40.2. The number of ether oxygens (including phenoxy) is 2. The number of hydrogen-bond acceptors (Lipinski definition) is 6. The Bertz CT molecular complexity index is 545. The van der Waals surface area contributed by atoms with Crippen molar-refractivity contribution in [3.05, 3.63) is 23.1 Å². The van der Waals surface area contributed by atoms with E-state index in [1.165, 1.54) is 13.0 Å². The van der Waals surface area contributed by atoms with E-state index < -0.39 is 40.5 Å². The van der Waals surface area contributed by atoms with Crippen molar-refractivity contribution < 1.29 is 26.9 Å². The molecule has 0 aromatic carbocycles. The molecule has 3 heterocycles. The average molecular weight is 258 g/mol. The fourth-order valence-electron chi connectivity index (χ4n) is 2.19. The van der Waals surface area contributed by atoms with Crippen LogP contribution in [0.3, 0.4) is 0 Å². The van der Waals surface area contributed by atoms with E-state index in [9.17, 15) is 13.2 Å². The summed E-state index contributed by atoms with van der Waals surface area (Å²) in [4.78, 5) is 11.6. The van der Waals surface area contributed by atoms with E-state index in [2.05, 4.69) is 6.58 Å². The van der Waals surface area contributed by atoms with Crippen molar-refractivity contribution in [2.24, 2.45) is 0 Å². The average Bonchev–Trinajstić information content (AvgIpc) is 2.81. The van der Waals surface area contributed by atoms with Crippen LogP contribution in [0, 0.1) is 0 Å². The summed E-state index contributed by atoms with van der Waals surface area (Å²) in [5, 5.41) is 0. The Balaban J connectivity index is 1.87. The van der Waals surface area contributed by atoms with E-state index in [-0.39, 0.29) is 10.5 Å². The second-order valence-electron chi connectivity index (χ2n) is 4.26. The third-order valence-corrected chi connectivity index (χ3v) is 4.40. The summed E-state index contributed by atoms with van der Waals surface area (Å²) in [6.07, 6.45) is -1.20. The molecule has 3 rings (SSSR count). The van der Waals surface area contributed by atoms with Crippen LogP contribution in [-0.2, 0) is 28.6 Å².